The average Bonchev–Trinajstić information content (AvgIpc) is 2.57. The van der Waals surface area contributed by atoms with Gasteiger partial charge in [0.25, 0.3) is 0 Å². The molecule has 1 saturated heterocycles. The molecular formula is C12H18N2OS. The minimum absolute atomic E-state index is 0.388. The van der Waals surface area contributed by atoms with Gasteiger partial charge in [-0.05, 0) is 25.1 Å². The van der Waals surface area contributed by atoms with Gasteiger partial charge in [-0.3, -0.25) is 0 Å². The van der Waals surface area contributed by atoms with Crippen LogP contribution in [-0.2, 0) is 17.0 Å². The lowest BCUT2D eigenvalue weighted by molar-refractivity contribution is 0.130. The van der Waals surface area contributed by atoms with Crippen LogP contribution in [0.2, 0.25) is 0 Å². The summed E-state index contributed by atoms with van der Waals surface area (Å²) in [4.78, 5) is 0. The molecule has 3 rings (SSSR count). The van der Waals surface area contributed by atoms with Gasteiger partial charge in [0.2, 0.25) is 0 Å². The molecule has 2 aliphatic rings. The first-order chi connectivity index (χ1) is 7.95. The summed E-state index contributed by atoms with van der Waals surface area (Å²) in [5.74, 6) is 2.40. The topological polar surface area (TPSA) is 26.2 Å². The third-order valence-corrected chi connectivity index (χ3v) is 4.28. The Kier molecular flexibility index (Phi) is 3.22. The molecule has 1 aromatic heterocycles. The molecule has 0 amide bonds. The van der Waals surface area contributed by atoms with Crippen LogP contribution in [0.25, 0.3) is 0 Å². The molecule has 1 fully saturated rings. The highest BCUT2D eigenvalue weighted by Crippen LogP contribution is 2.26. The fraction of sp³-hybridized carbons (Fsp3) is 0.667. The summed E-state index contributed by atoms with van der Waals surface area (Å²) in [6.07, 6.45) is 1.12. The first-order valence-corrected chi connectivity index (χ1v) is 7.18. The van der Waals surface area contributed by atoms with Crippen LogP contribution in [0, 0.1) is 0 Å². The second-order valence-electron chi connectivity index (χ2n) is 4.39. The van der Waals surface area contributed by atoms with Crippen molar-refractivity contribution in [3.63, 3.8) is 0 Å². The van der Waals surface area contributed by atoms with Crippen molar-refractivity contribution in [2.24, 2.45) is 0 Å². The molecule has 1 aromatic rings. The molecule has 88 valence electrons. The highest BCUT2D eigenvalue weighted by molar-refractivity contribution is 7.98. The van der Waals surface area contributed by atoms with Crippen molar-refractivity contribution in [3.05, 3.63) is 23.5 Å². The van der Waals surface area contributed by atoms with E-state index >= 15 is 0 Å². The van der Waals surface area contributed by atoms with Crippen molar-refractivity contribution in [2.45, 2.75) is 24.8 Å². The van der Waals surface area contributed by atoms with Gasteiger partial charge in [0.05, 0.1) is 12.6 Å². The lowest BCUT2D eigenvalue weighted by Gasteiger charge is -2.22. The van der Waals surface area contributed by atoms with Gasteiger partial charge in [0.1, 0.15) is 0 Å². The van der Waals surface area contributed by atoms with Gasteiger partial charge in [-0.1, -0.05) is 0 Å². The molecule has 1 N–H and O–H groups in total. The summed E-state index contributed by atoms with van der Waals surface area (Å²) in [6.45, 7) is 3.93. The highest BCUT2D eigenvalue weighted by atomic mass is 32.2. The Bertz CT molecular complexity index is 356. The van der Waals surface area contributed by atoms with Crippen LogP contribution < -0.4 is 5.32 Å². The predicted molar refractivity (Wildman–Crippen MR) is 66.8 cm³/mol. The molecule has 0 spiro atoms. The molecule has 3 nitrogen and oxygen atoms in total. The zero-order valence-corrected chi connectivity index (χ0v) is 10.3. The van der Waals surface area contributed by atoms with E-state index in [-0.39, 0.29) is 0 Å². The van der Waals surface area contributed by atoms with E-state index in [0.717, 1.165) is 38.5 Å². The van der Waals surface area contributed by atoms with Gasteiger partial charge < -0.3 is 14.6 Å². The highest BCUT2D eigenvalue weighted by Gasteiger charge is 2.20. The number of rotatable bonds is 1. The Labute approximate surface area is 101 Å². The van der Waals surface area contributed by atoms with Crippen molar-refractivity contribution in [2.75, 3.05) is 25.5 Å². The van der Waals surface area contributed by atoms with E-state index < -0.39 is 0 Å². The number of thioether (sulfide) groups is 1. The van der Waals surface area contributed by atoms with Crippen molar-refractivity contribution in [3.8, 4) is 0 Å². The van der Waals surface area contributed by atoms with Gasteiger partial charge in [-0.15, -0.1) is 0 Å². The first-order valence-electron chi connectivity index (χ1n) is 6.02. The summed E-state index contributed by atoms with van der Waals surface area (Å²) < 4.78 is 8.12. The number of nitrogens with one attached hydrogen (secondary N) is 1. The Balaban J connectivity index is 1.84. The molecule has 1 unspecified atom stereocenters. The molecule has 3 heterocycles. The summed E-state index contributed by atoms with van der Waals surface area (Å²) in [5.41, 5.74) is 2.88. The quantitative estimate of drug-likeness (QED) is 0.808. The van der Waals surface area contributed by atoms with Crippen LogP contribution in [-0.4, -0.2) is 30.1 Å². The molecule has 0 saturated carbocycles. The fourth-order valence-corrected chi connectivity index (χ4v) is 3.38. The SMILES string of the molecule is c1cc(C2COCCCN2)n2c1CSCC2. The maximum atomic E-state index is 5.64. The zero-order valence-electron chi connectivity index (χ0n) is 9.45. The maximum absolute atomic E-state index is 5.64. The van der Waals surface area contributed by atoms with Crippen LogP contribution in [0.3, 0.4) is 0 Å². The van der Waals surface area contributed by atoms with Crippen molar-refractivity contribution in [1.29, 1.82) is 0 Å². The minimum Gasteiger partial charge on any atom is -0.379 e. The minimum atomic E-state index is 0.388. The summed E-state index contributed by atoms with van der Waals surface area (Å²) in [6, 6.07) is 4.93. The van der Waals surface area contributed by atoms with Gasteiger partial charge in [-0.25, -0.2) is 0 Å². The van der Waals surface area contributed by atoms with Crippen molar-refractivity contribution in [1.82, 2.24) is 9.88 Å². The zero-order chi connectivity index (χ0) is 10.8. The average molecular weight is 238 g/mol. The van der Waals surface area contributed by atoms with Gasteiger partial charge in [0.15, 0.2) is 0 Å². The lowest BCUT2D eigenvalue weighted by atomic mass is 10.2. The Morgan fingerprint density at radius 2 is 2.44 bits per heavy atom. The predicted octanol–water partition coefficient (Wildman–Crippen LogP) is 1.79. The Hall–Kier alpha value is -0.450. The Morgan fingerprint density at radius 3 is 3.44 bits per heavy atom. The van der Waals surface area contributed by atoms with Crippen LogP contribution in [0.1, 0.15) is 23.9 Å². The Morgan fingerprint density at radius 1 is 1.44 bits per heavy atom. The third kappa shape index (κ3) is 2.01. The van der Waals surface area contributed by atoms with E-state index in [1.807, 2.05) is 11.8 Å². The molecule has 2 aliphatic heterocycles. The second kappa shape index (κ2) is 4.82. The van der Waals surface area contributed by atoms with Gasteiger partial charge >= 0.3 is 0 Å². The lowest BCUT2D eigenvalue weighted by Crippen LogP contribution is -2.27. The standard InChI is InChI=1S/C12H18N2OS/c1-4-13-11(8-15-6-1)12-3-2-10-9-16-7-5-14(10)12/h2-3,11,13H,1,4-9H2. The summed E-state index contributed by atoms with van der Waals surface area (Å²) in [7, 11) is 0. The smallest absolute Gasteiger partial charge is 0.0712 e. The number of fused-ring (bicyclic) bond motifs is 1. The molecule has 4 heteroatoms. The largest absolute Gasteiger partial charge is 0.379 e. The molecule has 0 aliphatic carbocycles. The molecule has 0 radical (unpaired) electrons. The fourth-order valence-electron chi connectivity index (χ4n) is 2.46. The molecule has 0 bridgehead atoms. The third-order valence-electron chi connectivity index (χ3n) is 3.31. The normalized spacial score (nSPS) is 26.1. The number of aromatic nitrogens is 1. The maximum Gasteiger partial charge on any atom is 0.0712 e. The number of hydrogen-bond acceptors (Lipinski definition) is 3. The van der Waals surface area contributed by atoms with Gasteiger partial charge in [0, 0.05) is 36.0 Å². The second-order valence-corrected chi connectivity index (χ2v) is 5.49. The van der Waals surface area contributed by atoms with E-state index in [4.69, 9.17) is 4.74 Å². The molecule has 0 aromatic carbocycles. The number of nitrogens with zero attached hydrogens (tertiary/aromatic N) is 1. The van der Waals surface area contributed by atoms with Crippen molar-refractivity contribution < 1.29 is 4.74 Å². The van der Waals surface area contributed by atoms with Crippen LogP contribution in [0.15, 0.2) is 12.1 Å². The van der Waals surface area contributed by atoms with E-state index in [1.54, 1.807) is 0 Å². The van der Waals surface area contributed by atoms with Crippen LogP contribution >= 0.6 is 11.8 Å². The first kappa shape index (κ1) is 10.7. The van der Waals surface area contributed by atoms with E-state index in [2.05, 4.69) is 22.0 Å². The van der Waals surface area contributed by atoms with Crippen LogP contribution in [0.5, 0.6) is 0 Å². The van der Waals surface area contributed by atoms with E-state index in [0.29, 0.717) is 6.04 Å². The van der Waals surface area contributed by atoms with E-state index in [1.165, 1.54) is 17.1 Å². The van der Waals surface area contributed by atoms with E-state index in [9.17, 15) is 0 Å². The summed E-state index contributed by atoms with van der Waals surface area (Å²) in [5, 5.41) is 3.58. The monoisotopic (exact) mass is 238 g/mol. The molecule has 16 heavy (non-hydrogen) atoms. The molecular weight excluding hydrogens is 220 g/mol. The number of ether oxygens (including phenoxy) is 1. The summed E-state index contributed by atoms with van der Waals surface area (Å²) >= 11 is 2.03. The van der Waals surface area contributed by atoms with Crippen LogP contribution in [0.4, 0.5) is 0 Å². The number of hydrogen-bond donors (Lipinski definition) is 1. The van der Waals surface area contributed by atoms with Gasteiger partial charge in [-0.2, -0.15) is 11.8 Å². The van der Waals surface area contributed by atoms with Crippen molar-refractivity contribution >= 4 is 11.8 Å². The molecule has 1 atom stereocenters.